The van der Waals surface area contributed by atoms with Crippen LogP contribution in [0.25, 0.3) is 0 Å². The van der Waals surface area contributed by atoms with Crippen molar-refractivity contribution in [2.24, 2.45) is 5.73 Å². The predicted octanol–water partition coefficient (Wildman–Crippen LogP) is 1.36. The van der Waals surface area contributed by atoms with Gasteiger partial charge < -0.3 is 11.1 Å². The fourth-order valence-corrected chi connectivity index (χ4v) is 1.45. The summed E-state index contributed by atoms with van der Waals surface area (Å²) in [5, 5.41) is 2.64. The summed E-state index contributed by atoms with van der Waals surface area (Å²) in [6.07, 6.45) is 1.51. The van der Waals surface area contributed by atoms with Gasteiger partial charge in [0.1, 0.15) is 0 Å². The second-order valence-corrected chi connectivity index (χ2v) is 3.74. The Kier molecular flexibility index (Phi) is 5.56. The standard InChI is InChI=1S/C12H16F2N2O/c13-10-5-4-9(8-11(10)14)2-1-3-12(17)16-7-6-15/h4-5,8H,1-3,6-7,15H2,(H,16,17). The third-order valence-corrected chi connectivity index (χ3v) is 2.32. The number of halogens is 2. The normalized spacial score (nSPS) is 10.3. The van der Waals surface area contributed by atoms with Crippen LogP contribution in [-0.4, -0.2) is 19.0 Å². The molecule has 0 saturated carbocycles. The Morgan fingerprint density at radius 3 is 2.71 bits per heavy atom. The molecule has 3 N–H and O–H groups in total. The van der Waals surface area contributed by atoms with Gasteiger partial charge in [0.25, 0.3) is 0 Å². The van der Waals surface area contributed by atoms with E-state index in [-0.39, 0.29) is 5.91 Å². The zero-order valence-electron chi connectivity index (χ0n) is 9.51. The minimum atomic E-state index is -0.852. The number of nitrogens with two attached hydrogens (primary N) is 1. The van der Waals surface area contributed by atoms with Gasteiger partial charge in [0.05, 0.1) is 0 Å². The van der Waals surface area contributed by atoms with E-state index in [0.717, 1.165) is 12.1 Å². The first-order chi connectivity index (χ1) is 8.13. The summed E-state index contributed by atoms with van der Waals surface area (Å²) in [6, 6.07) is 3.78. The van der Waals surface area contributed by atoms with E-state index < -0.39 is 11.6 Å². The summed E-state index contributed by atoms with van der Waals surface area (Å²) in [7, 11) is 0. The number of rotatable bonds is 6. The number of amides is 1. The first-order valence-corrected chi connectivity index (χ1v) is 5.54. The molecule has 0 unspecified atom stereocenters. The van der Waals surface area contributed by atoms with Gasteiger partial charge >= 0.3 is 0 Å². The summed E-state index contributed by atoms with van der Waals surface area (Å²) in [5.41, 5.74) is 5.93. The van der Waals surface area contributed by atoms with Crippen LogP contribution in [0.15, 0.2) is 18.2 Å². The Bertz CT molecular complexity index is 383. The molecule has 1 amide bonds. The molecule has 0 aliphatic rings. The van der Waals surface area contributed by atoms with E-state index in [2.05, 4.69) is 5.32 Å². The Balaban J connectivity index is 2.30. The van der Waals surface area contributed by atoms with Gasteiger partial charge in [-0.05, 0) is 30.5 Å². The molecule has 1 rings (SSSR count). The van der Waals surface area contributed by atoms with Crippen molar-refractivity contribution >= 4 is 5.91 Å². The maximum Gasteiger partial charge on any atom is 0.220 e. The average molecular weight is 242 g/mol. The SMILES string of the molecule is NCCNC(=O)CCCc1ccc(F)c(F)c1. The smallest absolute Gasteiger partial charge is 0.220 e. The van der Waals surface area contributed by atoms with Gasteiger partial charge in [0.15, 0.2) is 11.6 Å². The van der Waals surface area contributed by atoms with Gasteiger partial charge in [-0.2, -0.15) is 0 Å². The molecule has 0 heterocycles. The van der Waals surface area contributed by atoms with Crippen molar-refractivity contribution in [3.63, 3.8) is 0 Å². The van der Waals surface area contributed by atoms with Crippen molar-refractivity contribution in [2.45, 2.75) is 19.3 Å². The maximum atomic E-state index is 12.9. The van der Waals surface area contributed by atoms with E-state index in [4.69, 9.17) is 5.73 Å². The first-order valence-electron chi connectivity index (χ1n) is 5.54. The van der Waals surface area contributed by atoms with Gasteiger partial charge in [0, 0.05) is 19.5 Å². The van der Waals surface area contributed by atoms with Crippen molar-refractivity contribution < 1.29 is 13.6 Å². The van der Waals surface area contributed by atoms with Crippen LogP contribution in [0.3, 0.4) is 0 Å². The Morgan fingerprint density at radius 1 is 1.29 bits per heavy atom. The zero-order valence-corrected chi connectivity index (χ0v) is 9.51. The molecule has 0 spiro atoms. The van der Waals surface area contributed by atoms with Crippen LogP contribution in [0.5, 0.6) is 0 Å². The maximum absolute atomic E-state index is 12.9. The molecule has 17 heavy (non-hydrogen) atoms. The zero-order chi connectivity index (χ0) is 12.7. The van der Waals surface area contributed by atoms with E-state index >= 15 is 0 Å². The van der Waals surface area contributed by atoms with E-state index in [1.807, 2.05) is 0 Å². The number of aryl methyl sites for hydroxylation is 1. The van der Waals surface area contributed by atoms with E-state index in [0.29, 0.717) is 37.9 Å². The summed E-state index contributed by atoms with van der Waals surface area (Å²) in [6.45, 7) is 0.874. The molecule has 0 atom stereocenters. The Labute approximate surface area is 99.0 Å². The molecule has 0 aromatic heterocycles. The van der Waals surface area contributed by atoms with Crippen LogP contribution < -0.4 is 11.1 Å². The average Bonchev–Trinajstić information content (AvgIpc) is 2.31. The van der Waals surface area contributed by atoms with Crippen LogP contribution in [0.2, 0.25) is 0 Å². The second kappa shape index (κ2) is 6.96. The number of nitrogens with one attached hydrogen (secondary N) is 1. The van der Waals surface area contributed by atoms with Gasteiger partial charge in [0.2, 0.25) is 5.91 Å². The molecule has 94 valence electrons. The highest BCUT2D eigenvalue weighted by Gasteiger charge is 2.04. The molecule has 0 radical (unpaired) electrons. The van der Waals surface area contributed by atoms with Crippen molar-refractivity contribution in [3.8, 4) is 0 Å². The molecule has 1 aromatic carbocycles. The molecule has 5 heteroatoms. The van der Waals surface area contributed by atoms with Crippen LogP contribution in [0.1, 0.15) is 18.4 Å². The molecule has 0 fully saturated rings. The van der Waals surface area contributed by atoms with Crippen LogP contribution in [-0.2, 0) is 11.2 Å². The number of carbonyl (C=O) groups excluding carboxylic acids is 1. The fourth-order valence-electron chi connectivity index (χ4n) is 1.45. The van der Waals surface area contributed by atoms with Gasteiger partial charge in [-0.25, -0.2) is 8.78 Å². The lowest BCUT2D eigenvalue weighted by atomic mass is 10.1. The monoisotopic (exact) mass is 242 g/mol. The molecule has 0 aliphatic heterocycles. The highest BCUT2D eigenvalue weighted by molar-refractivity contribution is 5.75. The highest BCUT2D eigenvalue weighted by Crippen LogP contribution is 2.11. The second-order valence-electron chi connectivity index (χ2n) is 3.74. The highest BCUT2D eigenvalue weighted by atomic mass is 19.2. The van der Waals surface area contributed by atoms with Crippen LogP contribution >= 0.6 is 0 Å². The number of hydrogen-bond acceptors (Lipinski definition) is 2. The van der Waals surface area contributed by atoms with Crippen molar-refractivity contribution in [3.05, 3.63) is 35.4 Å². The third kappa shape index (κ3) is 4.91. The van der Waals surface area contributed by atoms with E-state index in [9.17, 15) is 13.6 Å². The van der Waals surface area contributed by atoms with Crippen molar-refractivity contribution in [1.82, 2.24) is 5.32 Å². The lowest BCUT2D eigenvalue weighted by molar-refractivity contribution is -0.121. The number of carbonyl (C=O) groups is 1. The Morgan fingerprint density at radius 2 is 2.06 bits per heavy atom. The molecule has 0 aliphatic carbocycles. The molecular formula is C12H16F2N2O. The summed E-state index contributed by atoms with van der Waals surface area (Å²) in [4.78, 5) is 11.2. The topological polar surface area (TPSA) is 55.1 Å². The first kappa shape index (κ1) is 13.6. The van der Waals surface area contributed by atoms with E-state index in [1.165, 1.54) is 6.07 Å². The summed E-state index contributed by atoms with van der Waals surface area (Å²) >= 11 is 0. The molecule has 1 aromatic rings. The van der Waals surface area contributed by atoms with Crippen molar-refractivity contribution in [2.75, 3.05) is 13.1 Å². The van der Waals surface area contributed by atoms with E-state index in [1.54, 1.807) is 0 Å². The largest absolute Gasteiger partial charge is 0.355 e. The van der Waals surface area contributed by atoms with Gasteiger partial charge in [-0.15, -0.1) is 0 Å². The Hall–Kier alpha value is -1.49. The third-order valence-electron chi connectivity index (χ3n) is 2.32. The molecule has 0 saturated heterocycles. The number of benzene rings is 1. The predicted molar refractivity (Wildman–Crippen MR) is 61.4 cm³/mol. The lowest BCUT2D eigenvalue weighted by Gasteiger charge is -2.04. The molecular weight excluding hydrogens is 226 g/mol. The minimum absolute atomic E-state index is 0.0713. The fraction of sp³-hybridized carbons (Fsp3) is 0.417. The summed E-state index contributed by atoms with van der Waals surface area (Å²) in [5.74, 6) is -1.78. The van der Waals surface area contributed by atoms with Crippen LogP contribution in [0, 0.1) is 11.6 Å². The molecule has 3 nitrogen and oxygen atoms in total. The summed E-state index contributed by atoms with van der Waals surface area (Å²) < 4.78 is 25.5. The number of hydrogen-bond donors (Lipinski definition) is 2. The lowest BCUT2D eigenvalue weighted by Crippen LogP contribution is -2.28. The van der Waals surface area contributed by atoms with Gasteiger partial charge in [-0.3, -0.25) is 4.79 Å². The molecule has 0 bridgehead atoms. The minimum Gasteiger partial charge on any atom is -0.355 e. The van der Waals surface area contributed by atoms with Crippen LogP contribution in [0.4, 0.5) is 8.78 Å². The quantitative estimate of drug-likeness (QED) is 0.791. The van der Waals surface area contributed by atoms with Crippen molar-refractivity contribution in [1.29, 1.82) is 0 Å². The van der Waals surface area contributed by atoms with Gasteiger partial charge in [-0.1, -0.05) is 6.07 Å².